The SMILES string of the molecule is CC1(C)CCCCC1NCc1cncs1. The smallest absolute Gasteiger partial charge is 0.0794 e. The molecule has 3 heteroatoms. The minimum absolute atomic E-state index is 0.461. The van der Waals surface area contributed by atoms with Crippen LogP contribution in [0, 0.1) is 5.41 Å². The number of thiazole rings is 1. The van der Waals surface area contributed by atoms with Gasteiger partial charge in [0.05, 0.1) is 5.51 Å². The molecule has 1 aromatic rings. The Morgan fingerprint density at radius 1 is 1.53 bits per heavy atom. The summed E-state index contributed by atoms with van der Waals surface area (Å²) in [6.07, 6.45) is 7.42. The topological polar surface area (TPSA) is 24.9 Å². The number of aromatic nitrogens is 1. The number of rotatable bonds is 3. The lowest BCUT2D eigenvalue weighted by molar-refractivity contribution is 0.167. The Morgan fingerprint density at radius 3 is 3.07 bits per heavy atom. The van der Waals surface area contributed by atoms with Gasteiger partial charge < -0.3 is 5.32 Å². The van der Waals surface area contributed by atoms with E-state index in [9.17, 15) is 0 Å². The Hall–Kier alpha value is -0.410. The van der Waals surface area contributed by atoms with Gasteiger partial charge in [-0.05, 0) is 18.3 Å². The van der Waals surface area contributed by atoms with Gasteiger partial charge in [-0.3, -0.25) is 4.98 Å². The van der Waals surface area contributed by atoms with E-state index < -0.39 is 0 Å². The molecule has 0 bridgehead atoms. The van der Waals surface area contributed by atoms with Crippen molar-refractivity contribution < 1.29 is 0 Å². The Morgan fingerprint density at radius 2 is 2.40 bits per heavy atom. The summed E-state index contributed by atoms with van der Waals surface area (Å²) < 4.78 is 0. The lowest BCUT2D eigenvalue weighted by Gasteiger charge is -2.39. The monoisotopic (exact) mass is 224 g/mol. The van der Waals surface area contributed by atoms with Crippen LogP contribution in [0.5, 0.6) is 0 Å². The van der Waals surface area contributed by atoms with Gasteiger partial charge in [-0.15, -0.1) is 11.3 Å². The quantitative estimate of drug-likeness (QED) is 0.853. The fourth-order valence-corrected chi connectivity index (χ4v) is 2.97. The van der Waals surface area contributed by atoms with Crippen molar-refractivity contribution in [2.45, 2.75) is 52.1 Å². The molecule has 84 valence electrons. The number of hydrogen-bond acceptors (Lipinski definition) is 3. The van der Waals surface area contributed by atoms with Crippen LogP contribution >= 0.6 is 11.3 Å². The number of nitrogens with zero attached hydrogens (tertiary/aromatic N) is 1. The van der Waals surface area contributed by atoms with Crippen molar-refractivity contribution >= 4 is 11.3 Å². The summed E-state index contributed by atoms with van der Waals surface area (Å²) in [7, 11) is 0. The molecule has 1 saturated carbocycles. The molecule has 15 heavy (non-hydrogen) atoms. The summed E-state index contributed by atoms with van der Waals surface area (Å²) in [5.74, 6) is 0. The molecule has 1 aromatic heterocycles. The van der Waals surface area contributed by atoms with E-state index in [4.69, 9.17) is 0 Å². The molecule has 1 N–H and O–H groups in total. The van der Waals surface area contributed by atoms with Crippen molar-refractivity contribution in [1.29, 1.82) is 0 Å². The summed E-state index contributed by atoms with van der Waals surface area (Å²) in [4.78, 5) is 5.44. The van der Waals surface area contributed by atoms with Gasteiger partial charge >= 0.3 is 0 Å². The minimum Gasteiger partial charge on any atom is -0.309 e. The molecule has 0 aromatic carbocycles. The highest BCUT2D eigenvalue weighted by Gasteiger charge is 2.31. The van der Waals surface area contributed by atoms with Gasteiger partial charge in [-0.25, -0.2) is 0 Å². The molecule has 1 heterocycles. The fraction of sp³-hybridized carbons (Fsp3) is 0.750. The van der Waals surface area contributed by atoms with E-state index in [1.54, 1.807) is 11.3 Å². The van der Waals surface area contributed by atoms with Gasteiger partial charge in [0, 0.05) is 23.7 Å². The second-order valence-electron chi connectivity index (χ2n) is 5.14. The van der Waals surface area contributed by atoms with E-state index >= 15 is 0 Å². The van der Waals surface area contributed by atoms with Crippen LogP contribution < -0.4 is 5.32 Å². The van der Waals surface area contributed by atoms with Crippen LogP contribution in [-0.4, -0.2) is 11.0 Å². The highest BCUT2D eigenvalue weighted by molar-refractivity contribution is 7.09. The first-order valence-corrected chi connectivity index (χ1v) is 6.67. The molecule has 0 amide bonds. The summed E-state index contributed by atoms with van der Waals surface area (Å²) >= 11 is 1.74. The Bertz CT molecular complexity index is 293. The highest BCUT2D eigenvalue weighted by Crippen LogP contribution is 2.35. The molecular weight excluding hydrogens is 204 g/mol. The van der Waals surface area contributed by atoms with Crippen molar-refractivity contribution in [3.8, 4) is 0 Å². The van der Waals surface area contributed by atoms with Crippen molar-refractivity contribution in [2.75, 3.05) is 0 Å². The molecule has 1 aliphatic carbocycles. The summed E-state index contributed by atoms with van der Waals surface area (Å²) in [5.41, 5.74) is 2.37. The molecule has 0 aliphatic heterocycles. The van der Waals surface area contributed by atoms with Gasteiger partial charge in [-0.1, -0.05) is 26.7 Å². The molecule has 1 fully saturated rings. The molecule has 2 nitrogen and oxygen atoms in total. The average Bonchev–Trinajstić information content (AvgIpc) is 2.68. The van der Waals surface area contributed by atoms with Crippen LogP contribution in [-0.2, 0) is 6.54 Å². The molecule has 0 saturated heterocycles. The van der Waals surface area contributed by atoms with Gasteiger partial charge in [0.25, 0.3) is 0 Å². The minimum atomic E-state index is 0.461. The van der Waals surface area contributed by atoms with Crippen LogP contribution in [0.25, 0.3) is 0 Å². The molecule has 0 radical (unpaired) electrons. The largest absolute Gasteiger partial charge is 0.309 e. The van der Waals surface area contributed by atoms with Crippen LogP contribution in [0.4, 0.5) is 0 Å². The second-order valence-corrected chi connectivity index (χ2v) is 6.11. The first-order valence-electron chi connectivity index (χ1n) is 5.79. The van der Waals surface area contributed by atoms with Crippen LogP contribution in [0.3, 0.4) is 0 Å². The molecule has 1 unspecified atom stereocenters. The van der Waals surface area contributed by atoms with Crippen LogP contribution in [0.2, 0.25) is 0 Å². The third-order valence-electron chi connectivity index (χ3n) is 3.51. The normalized spacial score (nSPS) is 25.3. The summed E-state index contributed by atoms with van der Waals surface area (Å²) in [6.45, 7) is 5.76. The van der Waals surface area contributed by atoms with Gasteiger partial charge in [0.2, 0.25) is 0 Å². The van der Waals surface area contributed by atoms with E-state index in [2.05, 4.69) is 24.1 Å². The third kappa shape index (κ3) is 2.79. The van der Waals surface area contributed by atoms with Crippen molar-refractivity contribution in [3.63, 3.8) is 0 Å². The van der Waals surface area contributed by atoms with Crippen molar-refractivity contribution in [3.05, 3.63) is 16.6 Å². The van der Waals surface area contributed by atoms with Crippen molar-refractivity contribution in [2.24, 2.45) is 5.41 Å². The average molecular weight is 224 g/mol. The molecule has 1 aliphatic rings. The predicted molar refractivity (Wildman–Crippen MR) is 65.0 cm³/mol. The number of hydrogen-bond donors (Lipinski definition) is 1. The highest BCUT2D eigenvalue weighted by atomic mass is 32.1. The first kappa shape index (κ1) is 11.1. The Kier molecular flexibility index (Phi) is 3.42. The first-order chi connectivity index (χ1) is 7.18. The lowest BCUT2D eigenvalue weighted by atomic mass is 9.73. The maximum Gasteiger partial charge on any atom is 0.0794 e. The summed E-state index contributed by atoms with van der Waals surface area (Å²) in [6, 6.07) is 0.674. The number of nitrogens with one attached hydrogen (secondary N) is 1. The van der Waals surface area contributed by atoms with Gasteiger partial charge in [0.1, 0.15) is 0 Å². The van der Waals surface area contributed by atoms with E-state index in [0.717, 1.165) is 6.54 Å². The summed E-state index contributed by atoms with van der Waals surface area (Å²) in [5, 5.41) is 3.68. The van der Waals surface area contributed by atoms with Gasteiger partial charge in [0.15, 0.2) is 0 Å². The van der Waals surface area contributed by atoms with E-state index in [-0.39, 0.29) is 0 Å². The van der Waals surface area contributed by atoms with E-state index in [0.29, 0.717) is 11.5 Å². The fourth-order valence-electron chi connectivity index (χ4n) is 2.43. The maximum absolute atomic E-state index is 4.10. The van der Waals surface area contributed by atoms with Crippen molar-refractivity contribution in [1.82, 2.24) is 10.3 Å². The van der Waals surface area contributed by atoms with Gasteiger partial charge in [-0.2, -0.15) is 0 Å². The Labute approximate surface area is 96.1 Å². The second kappa shape index (κ2) is 4.62. The zero-order valence-corrected chi connectivity index (χ0v) is 10.4. The standard InChI is InChI=1S/C12H20N2S/c1-12(2)6-4-3-5-11(12)14-8-10-7-13-9-15-10/h7,9,11,14H,3-6,8H2,1-2H3. The maximum atomic E-state index is 4.10. The zero-order chi connectivity index (χ0) is 10.7. The molecular formula is C12H20N2S. The molecule has 0 spiro atoms. The molecule has 2 rings (SSSR count). The van der Waals surface area contributed by atoms with E-state index in [1.165, 1.54) is 30.6 Å². The Balaban J connectivity index is 1.88. The predicted octanol–water partition coefficient (Wildman–Crippen LogP) is 3.20. The molecule has 1 atom stereocenters. The van der Waals surface area contributed by atoms with Crippen LogP contribution in [0.15, 0.2) is 11.7 Å². The van der Waals surface area contributed by atoms with Crippen LogP contribution in [0.1, 0.15) is 44.4 Å². The lowest BCUT2D eigenvalue weighted by Crippen LogP contribution is -2.43. The van der Waals surface area contributed by atoms with E-state index in [1.807, 2.05) is 11.7 Å². The zero-order valence-electron chi connectivity index (χ0n) is 9.62. The third-order valence-corrected chi connectivity index (χ3v) is 4.29.